The third-order valence-electron chi connectivity index (χ3n) is 5.55. The van der Waals surface area contributed by atoms with Gasteiger partial charge in [-0.2, -0.15) is 0 Å². The van der Waals surface area contributed by atoms with Crippen molar-refractivity contribution in [2.24, 2.45) is 5.92 Å². The van der Waals surface area contributed by atoms with Gasteiger partial charge in [0.25, 0.3) is 0 Å². The third-order valence-corrected chi connectivity index (χ3v) is 5.55. The number of pyridine rings is 1. The highest BCUT2D eigenvalue weighted by atomic mass is 16.5. The highest BCUT2D eigenvalue weighted by molar-refractivity contribution is 5.74. The van der Waals surface area contributed by atoms with E-state index in [1.54, 1.807) is 6.20 Å². The maximum atomic E-state index is 12.5. The molecule has 6 nitrogen and oxygen atoms in total. The molecule has 4 rings (SSSR count). The van der Waals surface area contributed by atoms with Crippen LogP contribution in [0.25, 0.3) is 0 Å². The fraction of sp³-hybridized carbons (Fsp3) is 0.478. The maximum Gasteiger partial charge on any atom is 0.317 e. The zero-order chi connectivity index (χ0) is 20.1. The van der Waals surface area contributed by atoms with Crippen molar-refractivity contribution in [2.75, 3.05) is 32.8 Å². The van der Waals surface area contributed by atoms with Crippen LogP contribution in [0.4, 0.5) is 4.79 Å². The SMILES string of the molecule is Cc1cccc(CN2CCN(C(=O)NCc3ccc(OCC4CC4)nc3)CC2)c1. The Morgan fingerprint density at radius 3 is 2.66 bits per heavy atom. The fourth-order valence-electron chi connectivity index (χ4n) is 3.56. The lowest BCUT2D eigenvalue weighted by molar-refractivity contribution is 0.135. The monoisotopic (exact) mass is 394 g/mol. The van der Waals surface area contributed by atoms with Crippen molar-refractivity contribution in [1.29, 1.82) is 0 Å². The first-order valence-corrected chi connectivity index (χ1v) is 10.5. The summed E-state index contributed by atoms with van der Waals surface area (Å²) in [4.78, 5) is 21.1. The largest absolute Gasteiger partial charge is 0.477 e. The minimum absolute atomic E-state index is 0.00531. The van der Waals surface area contributed by atoms with Crippen LogP contribution in [-0.4, -0.2) is 53.6 Å². The van der Waals surface area contributed by atoms with Crippen LogP contribution in [0, 0.1) is 12.8 Å². The van der Waals surface area contributed by atoms with Gasteiger partial charge in [0.2, 0.25) is 5.88 Å². The zero-order valence-corrected chi connectivity index (χ0v) is 17.1. The number of hydrogen-bond donors (Lipinski definition) is 1. The molecular formula is C23H30N4O2. The number of carbonyl (C=O) groups excluding carboxylic acids is 1. The van der Waals surface area contributed by atoms with E-state index in [0.29, 0.717) is 18.3 Å². The van der Waals surface area contributed by atoms with E-state index in [9.17, 15) is 4.79 Å². The van der Waals surface area contributed by atoms with E-state index < -0.39 is 0 Å². The molecule has 2 aromatic rings. The number of aromatic nitrogens is 1. The summed E-state index contributed by atoms with van der Waals surface area (Å²) in [6, 6.07) is 12.5. The summed E-state index contributed by atoms with van der Waals surface area (Å²) in [5.41, 5.74) is 3.60. The van der Waals surface area contributed by atoms with Gasteiger partial charge in [-0.25, -0.2) is 9.78 Å². The normalized spacial score (nSPS) is 17.2. The quantitative estimate of drug-likeness (QED) is 0.784. The van der Waals surface area contributed by atoms with Gasteiger partial charge in [0.05, 0.1) is 6.61 Å². The molecule has 2 heterocycles. The predicted molar refractivity (Wildman–Crippen MR) is 113 cm³/mol. The van der Waals surface area contributed by atoms with E-state index in [2.05, 4.69) is 46.4 Å². The average molecular weight is 395 g/mol. The molecular weight excluding hydrogens is 364 g/mol. The van der Waals surface area contributed by atoms with Gasteiger partial charge in [0, 0.05) is 51.5 Å². The summed E-state index contributed by atoms with van der Waals surface area (Å²) in [7, 11) is 0. The number of nitrogens with zero attached hydrogens (tertiary/aromatic N) is 3. The summed E-state index contributed by atoms with van der Waals surface area (Å²) in [6.45, 7) is 7.62. The molecule has 1 aromatic heterocycles. The van der Waals surface area contributed by atoms with Crippen LogP contribution in [0.15, 0.2) is 42.6 Å². The van der Waals surface area contributed by atoms with E-state index in [1.807, 2.05) is 17.0 Å². The molecule has 1 saturated carbocycles. The number of rotatable bonds is 7. The highest BCUT2D eigenvalue weighted by Gasteiger charge is 2.22. The van der Waals surface area contributed by atoms with Crippen molar-refractivity contribution >= 4 is 6.03 Å². The van der Waals surface area contributed by atoms with Crippen molar-refractivity contribution in [1.82, 2.24) is 20.1 Å². The van der Waals surface area contributed by atoms with Crippen LogP contribution >= 0.6 is 0 Å². The lowest BCUT2D eigenvalue weighted by atomic mass is 10.1. The van der Waals surface area contributed by atoms with Gasteiger partial charge in [-0.15, -0.1) is 0 Å². The second-order valence-electron chi connectivity index (χ2n) is 8.17. The number of urea groups is 1. The maximum absolute atomic E-state index is 12.5. The van der Waals surface area contributed by atoms with E-state index in [1.165, 1.54) is 24.0 Å². The number of hydrogen-bond acceptors (Lipinski definition) is 4. The second-order valence-corrected chi connectivity index (χ2v) is 8.17. The average Bonchev–Trinajstić information content (AvgIpc) is 3.56. The number of benzene rings is 1. The Kier molecular flexibility index (Phi) is 6.30. The Morgan fingerprint density at radius 1 is 1.14 bits per heavy atom. The van der Waals surface area contributed by atoms with Gasteiger partial charge in [-0.3, -0.25) is 4.90 Å². The molecule has 29 heavy (non-hydrogen) atoms. The van der Waals surface area contributed by atoms with Crippen LogP contribution in [0.3, 0.4) is 0 Å². The molecule has 0 spiro atoms. The molecule has 1 aromatic carbocycles. The van der Waals surface area contributed by atoms with Crippen molar-refractivity contribution in [3.05, 3.63) is 59.3 Å². The summed E-state index contributed by atoms with van der Waals surface area (Å²) in [5.74, 6) is 1.38. The molecule has 1 saturated heterocycles. The standard InChI is InChI=1S/C23H30N4O2/c1-18-3-2-4-20(13-18)16-26-9-11-27(12-10-26)23(28)25-15-21-7-8-22(24-14-21)29-17-19-5-6-19/h2-4,7-8,13-14,19H,5-6,9-12,15-17H2,1H3,(H,25,28). The van der Waals surface area contributed by atoms with Gasteiger partial charge < -0.3 is 15.0 Å². The summed E-state index contributed by atoms with van der Waals surface area (Å²) in [6.07, 6.45) is 4.32. The van der Waals surface area contributed by atoms with Crippen molar-refractivity contribution in [3.8, 4) is 5.88 Å². The van der Waals surface area contributed by atoms with Gasteiger partial charge in [-0.05, 0) is 36.8 Å². The number of nitrogens with one attached hydrogen (secondary N) is 1. The lowest BCUT2D eigenvalue weighted by Gasteiger charge is -2.34. The van der Waals surface area contributed by atoms with Gasteiger partial charge in [-0.1, -0.05) is 35.9 Å². The number of piperazine rings is 1. The number of amides is 2. The first kappa shape index (κ1) is 19.7. The van der Waals surface area contributed by atoms with Gasteiger partial charge in [0.15, 0.2) is 0 Å². The molecule has 0 radical (unpaired) electrons. The van der Waals surface area contributed by atoms with Crippen LogP contribution in [0.1, 0.15) is 29.5 Å². The fourth-order valence-corrected chi connectivity index (χ4v) is 3.56. The molecule has 1 aliphatic heterocycles. The molecule has 2 aliphatic rings. The van der Waals surface area contributed by atoms with E-state index in [-0.39, 0.29) is 6.03 Å². The number of carbonyl (C=O) groups is 1. The molecule has 1 N–H and O–H groups in total. The van der Waals surface area contributed by atoms with Crippen LogP contribution in [-0.2, 0) is 13.1 Å². The smallest absolute Gasteiger partial charge is 0.317 e. The Bertz CT molecular complexity index is 812. The second kappa shape index (κ2) is 9.27. The predicted octanol–water partition coefficient (Wildman–Crippen LogP) is 3.21. The molecule has 2 fully saturated rings. The third kappa shape index (κ3) is 5.94. The van der Waals surface area contributed by atoms with Crippen LogP contribution < -0.4 is 10.1 Å². The van der Waals surface area contributed by atoms with Gasteiger partial charge in [0.1, 0.15) is 0 Å². The summed E-state index contributed by atoms with van der Waals surface area (Å²) < 4.78 is 5.65. The first-order chi connectivity index (χ1) is 14.2. The zero-order valence-electron chi connectivity index (χ0n) is 17.1. The first-order valence-electron chi connectivity index (χ1n) is 10.5. The van der Waals surface area contributed by atoms with E-state index >= 15 is 0 Å². The van der Waals surface area contributed by atoms with Crippen molar-refractivity contribution < 1.29 is 9.53 Å². The molecule has 154 valence electrons. The highest BCUT2D eigenvalue weighted by Crippen LogP contribution is 2.29. The molecule has 0 unspecified atom stereocenters. The van der Waals surface area contributed by atoms with Crippen LogP contribution in [0.2, 0.25) is 0 Å². The van der Waals surface area contributed by atoms with E-state index in [0.717, 1.165) is 44.9 Å². The topological polar surface area (TPSA) is 57.7 Å². The van der Waals surface area contributed by atoms with E-state index in [4.69, 9.17) is 4.74 Å². The molecule has 0 bridgehead atoms. The minimum Gasteiger partial charge on any atom is -0.477 e. The molecule has 6 heteroatoms. The molecule has 0 atom stereocenters. The van der Waals surface area contributed by atoms with Crippen molar-refractivity contribution in [2.45, 2.75) is 32.9 Å². The summed E-state index contributed by atoms with van der Waals surface area (Å²) >= 11 is 0. The van der Waals surface area contributed by atoms with Gasteiger partial charge >= 0.3 is 6.03 Å². The summed E-state index contributed by atoms with van der Waals surface area (Å²) in [5, 5.41) is 3.01. The molecule has 2 amide bonds. The Morgan fingerprint density at radius 2 is 1.97 bits per heavy atom. The lowest BCUT2D eigenvalue weighted by Crippen LogP contribution is -2.51. The van der Waals surface area contributed by atoms with Crippen molar-refractivity contribution in [3.63, 3.8) is 0 Å². The molecule has 1 aliphatic carbocycles. The van der Waals surface area contributed by atoms with Crippen LogP contribution in [0.5, 0.6) is 5.88 Å². The number of ether oxygens (including phenoxy) is 1. The minimum atomic E-state index is -0.00531. The number of aryl methyl sites for hydroxylation is 1. The Balaban J connectivity index is 1.17. The Labute approximate surface area is 172 Å². The Hall–Kier alpha value is -2.60.